The number of aromatic nitrogens is 3. The molecule has 1 aromatic carbocycles. The van der Waals surface area contributed by atoms with E-state index >= 15 is 0 Å². The number of hydrogen-bond acceptors (Lipinski definition) is 9. The van der Waals surface area contributed by atoms with Crippen molar-refractivity contribution < 1.29 is 27.9 Å². The highest BCUT2D eigenvalue weighted by atomic mass is 35.5. The van der Waals surface area contributed by atoms with Gasteiger partial charge in [0.15, 0.2) is 6.20 Å². The summed E-state index contributed by atoms with van der Waals surface area (Å²) in [5.41, 5.74) is 1.03. The monoisotopic (exact) mass is 464 g/mol. The molecule has 0 fully saturated rings. The standard InChI is InChI=1S/C19H18ClN5O5S/c1-30-18(26)13-5-8-17(25(27)11-13)22-16-9-15(23-19(24-16)31(2,28)29)21-10-12-3-6-14(20)7-4-12/h3-9,11,27H,10H2,1-2H3,(H,21,23,24)/p+1. The summed E-state index contributed by atoms with van der Waals surface area (Å²) in [7, 11) is -2.49. The Balaban J connectivity index is 1.88. The van der Waals surface area contributed by atoms with Gasteiger partial charge < -0.3 is 15.3 Å². The molecule has 0 amide bonds. The van der Waals surface area contributed by atoms with E-state index in [0.29, 0.717) is 16.3 Å². The summed E-state index contributed by atoms with van der Waals surface area (Å²) in [6.45, 7) is 0.366. The van der Waals surface area contributed by atoms with E-state index in [1.54, 1.807) is 12.1 Å². The molecule has 162 valence electrons. The Morgan fingerprint density at radius 3 is 2.45 bits per heavy atom. The van der Waals surface area contributed by atoms with Crippen LogP contribution < -0.4 is 15.4 Å². The van der Waals surface area contributed by atoms with Crippen molar-refractivity contribution >= 4 is 44.9 Å². The number of methoxy groups -OCH3 is 1. The zero-order valence-electron chi connectivity index (χ0n) is 16.5. The number of carbonyl (C=O) groups is 1. The zero-order valence-corrected chi connectivity index (χ0v) is 18.1. The molecule has 31 heavy (non-hydrogen) atoms. The maximum Gasteiger partial charge on any atom is 0.341 e. The predicted molar refractivity (Wildman–Crippen MR) is 112 cm³/mol. The molecule has 0 aliphatic heterocycles. The van der Waals surface area contributed by atoms with Crippen LogP contribution in [0.15, 0.2) is 53.8 Å². The van der Waals surface area contributed by atoms with Gasteiger partial charge >= 0.3 is 11.8 Å². The Bertz CT molecular complexity index is 1220. The minimum Gasteiger partial charge on any atom is -0.465 e. The number of sulfone groups is 1. The van der Waals surface area contributed by atoms with E-state index in [-0.39, 0.29) is 23.0 Å². The number of nitrogens with one attached hydrogen (secondary N) is 2. The number of anilines is 3. The van der Waals surface area contributed by atoms with Crippen molar-refractivity contribution in [2.45, 2.75) is 11.7 Å². The Morgan fingerprint density at radius 1 is 1.16 bits per heavy atom. The fourth-order valence-electron chi connectivity index (χ4n) is 2.50. The maximum absolute atomic E-state index is 12.0. The number of rotatable bonds is 7. The first-order valence-electron chi connectivity index (χ1n) is 8.83. The van der Waals surface area contributed by atoms with Gasteiger partial charge in [-0.15, -0.1) is 0 Å². The third kappa shape index (κ3) is 5.80. The highest BCUT2D eigenvalue weighted by Crippen LogP contribution is 2.19. The van der Waals surface area contributed by atoms with Crippen molar-refractivity contribution in [3.05, 3.63) is 64.8 Å². The third-order valence-corrected chi connectivity index (χ3v) is 5.13. The maximum atomic E-state index is 12.0. The molecule has 0 radical (unpaired) electrons. The summed E-state index contributed by atoms with van der Waals surface area (Å²) >= 11 is 5.88. The van der Waals surface area contributed by atoms with E-state index in [9.17, 15) is 18.4 Å². The minimum absolute atomic E-state index is 0.114. The quantitative estimate of drug-likeness (QED) is 0.208. The summed E-state index contributed by atoms with van der Waals surface area (Å²) in [5, 5.41) is 16.2. The van der Waals surface area contributed by atoms with Crippen LogP contribution >= 0.6 is 11.6 Å². The molecular weight excluding hydrogens is 446 g/mol. The second kappa shape index (κ2) is 9.14. The van der Waals surface area contributed by atoms with Crippen molar-refractivity contribution in [1.82, 2.24) is 9.97 Å². The van der Waals surface area contributed by atoms with Gasteiger partial charge in [0.25, 0.3) is 5.16 Å². The molecule has 0 saturated heterocycles. The summed E-state index contributed by atoms with van der Waals surface area (Å²) < 4.78 is 29.3. The number of nitrogens with zero attached hydrogens (tertiary/aromatic N) is 3. The first kappa shape index (κ1) is 22.2. The number of halogens is 1. The summed E-state index contributed by atoms with van der Waals surface area (Å²) in [6, 6.07) is 11.5. The molecule has 0 spiro atoms. The zero-order chi connectivity index (χ0) is 22.6. The second-order valence-electron chi connectivity index (χ2n) is 6.44. The smallest absolute Gasteiger partial charge is 0.341 e. The van der Waals surface area contributed by atoms with E-state index in [2.05, 4.69) is 25.3 Å². The highest BCUT2D eigenvalue weighted by Gasteiger charge is 2.19. The molecule has 2 aromatic heterocycles. The molecule has 3 rings (SSSR count). The fraction of sp³-hybridized carbons (Fsp3) is 0.158. The first-order valence-corrected chi connectivity index (χ1v) is 11.1. The third-order valence-electron chi connectivity index (χ3n) is 4.03. The van der Waals surface area contributed by atoms with E-state index in [4.69, 9.17) is 11.6 Å². The van der Waals surface area contributed by atoms with Crippen LogP contribution in [0.25, 0.3) is 0 Å². The van der Waals surface area contributed by atoms with Gasteiger partial charge in [-0.1, -0.05) is 28.5 Å². The first-order chi connectivity index (χ1) is 14.7. The van der Waals surface area contributed by atoms with Crippen LogP contribution in [0, 0.1) is 0 Å². The lowest BCUT2D eigenvalue weighted by molar-refractivity contribution is -0.893. The van der Waals surface area contributed by atoms with E-state index in [1.807, 2.05) is 12.1 Å². The van der Waals surface area contributed by atoms with E-state index < -0.39 is 21.0 Å². The molecule has 3 N–H and O–H groups in total. The molecule has 0 bridgehead atoms. The van der Waals surface area contributed by atoms with Gasteiger partial charge in [0, 0.05) is 30.0 Å². The van der Waals surface area contributed by atoms with Crippen LogP contribution in [-0.4, -0.2) is 42.9 Å². The molecule has 12 heteroatoms. The molecule has 2 heterocycles. The normalized spacial score (nSPS) is 11.1. The molecule has 0 unspecified atom stereocenters. The number of ether oxygens (including phenoxy) is 1. The van der Waals surface area contributed by atoms with Crippen molar-refractivity contribution in [2.75, 3.05) is 24.0 Å². The van der Waals surface area contributed by atoms with Crippen LogP contribution in [-0.2, 0) is 21.1 Å². The Morgan fingerprint density at radius 2 is 1.84 bits per heavy atom. The molecule has 0 aliphatic rings. The van der Waals surface area contributed by atoms with Crippen molar-refractivity contribution in [2.24, 2.45) is 0 Å². The van der Waals surface area contributed by atoms with Crippen molar-refractivity contribution in [1.29, 1.82) is 0 Å². The SMILES string of the molecule is COC(=O)c1ccc(Nc2cc(NCc3ccc(Cl)cc3)nc(S(C)(=O)=O)n2)[n+](O)c1. The molecule has 10 nitrogen and oxygen atoms in total. The average Bonchev–Trinajstić information content (AvgIpc) is 2.73. The van der Waals surface area contributed by atoms with Gasteiger partial charge in [0.05, 0.1) is 7.11 Å². The molecular formula is C19H19ClN5O5S+. The number of carbonyl (C=O) groups excluding carboxylic acids is 1. The molecule has 0 saturated carbocycles. The molecule has 0 atom stereocenters. The Hall–Kier alpha value is -3.44. The van der Waals surface area contributed by atoms with Gasteiger partial charge in [0.2, 0.25) is 15.7 Å². The Kier molecular flexibility index (Phi) is 6.56. The fourth-order valence-corrected chi connectivity index (χ4v) is 3.15. The molecule has 3 aromatic rings. The summed E-state index contributed by atoms with van der Waals surface area (Å²) in [6.07, 6.45) is 2.14. The second-order valence-corrected chi connectivity index (χ2v) is 8.78. The number of hydrogen-bond donors (Lipinski definition) is 3. The van der Waals surface area contributed by atoms with Gasteiger partial charge in [-0.25, -0.2) is 23.5 Å². The number of benzene rings is 1. The topological polar surface area (TPSA) is 134 Å². The van der Waals surface area contributed by atoms with Crippen LogP contribution in [0.5, 0.6) is 0 Å². The van der Waals surface area contributed by atoms with Crippen molar-refractivity contribution in [3.8, 4) is 0 Å². The predicted octanol–water partition coefficient (Wildman–Crippen LogP) is 2.20. The van der Waals surface area contributed by atoms with Gasteiger partial charge in [-0.2, -0.15) is 4.98 Å². The minimum atomic E-state index is -3.71. The van der Waals surface area contributed by atoms with Crippen LogP contribution in [0.3, 0.4) is 0 Å². The van der Waals surface area contributed by atoms with E-state index in [1.165, 1.54) is 25.3 Å². The number of esters is 1. The lowest BCUT2D eigenvalue weighted by Gasteiger charge is -2.09. The van der Waals surface area contributed by atoms with E-state index in [0.717, 1.165) is 18.0 Å². The Labute approximate surface area is 183 Å². The summed E-state index contributed by atoms with van der Waals surface area (Å²) in [5.74, 6) is -0.120. The lowest BCUT2D eigenvalue weighted by atomic mass is 10.2. The van der Waals surface area contributed by atoms with Crippen LogP contribution in [0.2, 0.25) is 5.02 Å². The van der Waals surface area contributed by atoms with Gasteiger partial charge in [-0.05, 0) is 23.8 Å². The largest absolute Gasteiger partial charge is 0.465 e. The van der Waals surface area contributed by atoms with Crippen LogP contribution in [0.4, 0.5) is 17.5 Å². The van der Waals surface area contributed by atoms with Crippen LogP contribution in [0.1, 0.15) is 15.9 Å². The lowest BCUT2D eigenvalue weighted by Crippen LogP contribution is -2.34. The average molecular weight is 465 g/mol. The van der Waals surface area contributed by atoms with Gasteiger partial charge in [0.1, 0.15) is 11.4 Å². The number of pyridine rings is 1. The van der Waals surface area contributed by atoms with Gasteiger partial charge in [-0.3, -0.25) is 0 Å². The molecule has 0 aliphatic carbocycles. The highest BCUT2D eigenvalue weighted by molar-refractivity contribution is 7.90. The van der Waals surface area contributed by atoms with Crippen molar-refractivity contribution in [3.63, 3.8) is 0 Å². The summed E-state index contributed by atoms with van der Waals surface area (Å²) in [4.78, 5) is 19.6.